The fraction of sp³-hybridized carbons (Fsp3) is 0.167. The Morgan fingerprint density at radius 3 is 2.63 bits per heavy atom. The molecule has 8 nitrogen and oxygen atoms in total. The summed E-state index contributed by atoms with van der Waals surface area (Å²) >= 11 is 1.18. The fourth-order valence-electron chi connectivity index (χ4n) is 3.25. The highest BCUT2D eigenvalue weighted by molar-refractivity contribution is 7.98. The molecule has 0 spiro atoms. The smallest absolute Gasteiger partial charge is 0.279 e. The second-order valence-electron chi connectivity index (χ2n) is 6.55. The molecule has 12 heteroatoms. The Kier molecular flexibility index (Phi) is 4.07. The van der Waals surface area contributed by atoms with Crippen LogP contribution in [0.3, 0.4) is 0 Å². The SMILES string of the molecule is Cn1c(=O)c2ccccc2n2c(CSc3nnc4ccc(C(F)(F)F)cn34)nnc12. The lowest BCUT2D eigenvalue weighted by molar-refractivity contribution is -0.137. The monoisotopic (exact) mass is 431 g/mol. The number of aromatic nitrogens is 7. The summed E-state index contributed by atoms with van der Waals surface area (Å²) in [5.41, 5.74) is -0.00971. The molecule has 0 unspecified atom stereocenters. The number of pyridine rings is 1. The summed E-state index contributed by atoms with van der Waals surface area (Å²) in [6, 6.07) is 9.34. The van der Waals surface area contributed by atoms with Gasteiger partial charge < -0.3 is 0 Å². The number of thioether (sulfide) groups is 1. The van der Waals surface area contributed by atoms with Crippen LogP contribution in [0.2, 0.25) is 0 Å². The second-order valence-corrected chi connectivity index (χ2v) is 7.49. The van der Waals surface area contributed by atoms with E-state index in [-0.39, 0.29) is 11.3 Å². The summed E-state index contributed by atoms with van der Waals surface area (Å²) in [5.74, 6) is 1.17. The van der Waals surface area contributed by atoms with E-state index in [0.29, 0.717) is 33.3 Å². The number of rotatable bonds is 3. The van der Waals surface area contributed by atoms with E-state index in [1.54, 1.807) is 29.6 Å². The van der Waals surface area contributed by atoms with Crippen molar-refractivity contribution in [3.05, 3.63) is 64.3 Å². The Labute approximate surface area is 170 Å². The summed E-state index contributed by atoms with van der Waals surface area (Å²) < 4.78 is 43.6. The van der Waals surface area contributed by atoms with Gasteiger partial charge in [-0.3, -0.25) is 18.2 Å². The third kappa shape index (κ3) is 2.83. The number of benzene rings is 1. The van der Waals surface area contributed by atoms with Crippen LogP contribution in [-0.4, -0.2) is 33.8 Å². The molecule has 0 bridgehead atoms. The summed E-state index contributed by atoms with van der Waals surface area (Å²) in [5, 5.41) is 17.0. The zero-order valence-corrected chi connectivity index (χ0v) is 16.1. The van der Waals surface area contributed by atoms with Gasteiger partial charge >= 0.3 is 6.18 Å². The number of alkyl halides is 3. The molecule has 0 saturated carbocycles. The molecular weight excluding hydrogens is 419 g/mol. The Bertz CT molecular complexity index is 1480. The molecule has 0 N–H and O–H groups in total. The van der Waals surface area contributed by atoms with E-state index in [2.05, 4.69) is 20.4 Å². The molecule has 1 aromatic carbocycles. The number of para-hydroxylation sites is 1. The number of hydrogen-bond acceptors (Lipinski definition) is 6. The van der Waals surface area contributed by atoms with Crippen LogP contribution in [0.5, 0.6) is 0 Å². The summed E-state index contributed by atoms with van der Waals surface area (Å²) in [7, 11) is 1.61. The van der Waals surface area contributed by atoms with E-state index >= 15 is 0 Å². The average Bonchev–Trinajstić information content (AvgIpc) is 3.33. The van der Waals surface area contributed by atoms with Gasteiger partial charge in [0, 0.05) is 13.2 Å². The van der Waals surface area contributed by atoms with Crippen molar-refractivity contribution in [1.82, 2.24) is 33.8 Å². The molecule has 5 rings (SSSR count). The normalized spacial score (nSPS) is 12.4. The van der Waals surface area contributed by atoms with Gasteiger partial charge in [0.1, 0.15) is 5.82 Å². The van der Waals surface area contributed by atoms with Gasteiger partial charge in [0.2, 0.25) is 5.78 Å². The fourth-order valence-corrected chi connectivity index (χ4v) is 4.08. The maximum absolute atomic E-state index is 13.0. The number of hydrogen-bond donors (Lipinski definition) is 0. The lowest BCUT2D eigenvalue weighted by Gasteiger charge is -2.08. The van der Waals surface area contributed by atoms with Gasteiger partial charge in [-0.2, -0.15) is 13.2 Å². The van der Waals surface area contributed by atoms with E-state index in [1.807, 2.05) is 6.07 Å². The Morgan fingerprint density at radius 2 is 1.83 bits per heavy atom. The molecule has 0 amide bonds. The van der Waals surface area contributed by atoms with Gasteiger partial charge in [0.15, 0.2) is 10.8 Å². The molecule has 0 saturated heterocycles. The second kappa shape index (κ2) is 6.55. The molecule has 152 valence electrons. The van der Waals surface area contributed by atoms with Crippen molar-refractivity contribution in [2.75, 3.05) is 0 Å². The highest BCUT2D eigenvalue weighted by Crippen LogP contribution is 2.30. The van der Waals surface area contributed by atoms with Crippen LogP contribution in [0.1, 0.15) is 11.4 Å². The van der Waals surface area contributed by atoms with Crippen LogP contribution in [-0.2, 0) is 19.0 Å². The van der Waals surface area contributed by atoms with Crippen molar-refractivity contribution in [3.8, 4) is 0 Å². The molecule has 0 radical (unpaired) electrons. The lowest BCUT2D eigenvalue weighted by atomic mass is 10.2. The first kappa shape index (κ1) is 18.6. The van der Waals surface area contributed by atoms with Crippen LogP contribution < -0.4 is 5.56 Å². The van der Waals surface area contributed by atoms with E-state index in [0.717, 1.165) is 12.3 Å². The Balaban J connectivity index is 1.57. The van der Waals surface area contributed by atoms with Crippen LogP contribution in [0, 0.1) is 0 Å². The molecule has 0 aliphatic carbocycles. The number of aryl methyl sites for hydroxylation is 1. The predicted molar refractivity (Wildman–Crippen MR) is 103 cm³/mol. The van der Waals surface area contributed by atoms with Crippen LogP contribution in [0.4, 0.5) is 13.2 Å². The molecule has 5 aromatic rings. The molecule has 0 fully saturated rings. The highest BCUT2D eigenvalue weighted by Gasteiger charge is 2.31. The zero-order chi connectivity index (χ0) is 21.0. The lowest BCUT2D eigenvalue weighted by Crippen LogP contribution is -2.20. The van der Waals surface area contributed by atoms with Gasteiger partial charge in [0.05, 0.1) is 22.2 Å². The first-order chi connectivity index (χ1) is 14.3. The average molecular weight is 431 g/mol. The largest absolute Gasteiger partial charge is 0.417 e. The number of nitrogens with zero attached hydrogens (tertiary/aromatic N) is 7. The van der Waals surface area contributed by atoms with Crippen molar-refractivity contribution in [3.63, 3.8) is 0 Å². The molecule has 30 heavy (non-hydrogen) atoms. The molecular formula is C18H12F3N7OS. The van der Waals surface area contributed by atoms with E-state index in [4.69, 9.17) is 0 Å². The summed E-state index contributed by atoms with van der Waals surface area (Å²) in [4.78, 5) is 12.5. The number of fused-ring (bicyclic) bond motifs is 4. The standard InChI is InChI=1S/C18H12F3N7OS/c1-26-15(29)11-4-2-3-5-12(11)28-14(23-24-16(26)28)9-30-17-25-22-13-7-6-10(8-27(13)17)18(19,20)21/h2-8H,9H2,1H3. The molecule has 0 aliphatic heterocycles. The van der Waals surface area contributed by atoms with E-state index in [9.17, 15) is 18.0 Å². The van der Waals surface area contributed by atoms with Gasteiger partial charge in [-0.25, -0.2) is 0 Å². The van der Waals surface area contributed by atoms with Crippen molar-refractivity contribution < 1.29 is 13.2 Å². The van der Waals surface area contributed by atoms with Crippen LogP contribution >= 0.6 is 11.8 Å². The van der Waals surface area contributed by atoms with Gasteiger partial charge in [-0.05, 0) is 24.3 Å². The Hall–Kier alpha value is -3.41. The zero-order valence-electron chi connectivity index (χ0n) is 15.3. The van der Waals surface area contributed by atoms with Crippen molar-refractivity contribution in [1.29, 1.82) is 0 Å². The topological polar surface area (TPSA) is 82.4 Å². The minimum absolute atomic E-state index is 0.187. The third-order valence-corrected chi connectivity index (χ3v) is 5.66. The van der Waals surface area contributed by atoms with Gasteiger partial charge in [-0.15, -0.1) is 20.4 Å². The molecule has 0 aliphatic rings. The minimum atomic E-state index is -4.46. The maximum atomic E-state index is 13.0. The summed E-state index contributed by atoms with van der Waals surface area (Å²) in [6.07, 6.45) is -3.49. The first-order valence-corrected chi connectivity index (χ1v) is 9.69. The van der Waals surface area contributed by atoms with Gasteiger partial charge in [-0.1, -0.05) is 23.9 Å². The molecule has 0 atom stereocenters. The third-order valence-electron chi connectivity index (χ3n) is 4.72. The first-order valence-electron chi connectivity index (χ1n) is 8.71. The minimum Gasteiger partial charge on any atom is -0.279 e. The van der Waals surface area contributed by atoms with Crippen molar-refractivity contribution >= 4 is 34.1 Å². The van der Waals surface area contributed by atoms with Gasteiger partial charge in [0.25, 0.3) is 5.56 Å². The molecule has 4 aromatic heterocycles. The maximum Gasteiger partial charge on any atom is 0.417 e. The Morgan fingerprint density at radius 1 is 1.03 bits per heavy atom. The quantitative estimate of drug-likeness (QED) is 0.409. The molecule has 4 heterocycles. The van der Waals surface area contributed by atoms with Crippen LogP contribution in [0.15, 0.2) is 52.5 Å². The van der Waals surface area contributed by atoms with E-state index in [1.165, 1.54) is 26.8 Å². The highest BCUT2D eigenvalue weighted by atomic mass is 32.2. The van der Waals surface area contributed by atoms with Crippen molar-refractivity contribution in [2.45, 2.75) is 17.1 Å². The van der Waals surface area contributed by atoms with E-state index < -0.39 is 11.7 Å². The summed E-state index contributed by atoms with van der Waals surface area (Å²) in [6.45, 7) is 0. The number of halogens is 3. The van der Waals surface area contributed by atoms with Crippen molar-refractivity contribution in [2.24, 2.45) is 7.05 Å². The predicted octanol–water partition coefficient (Wildman–Crippen LogP) is 2.94. The van der Waals surface area contributed by atoms with Crippen LogP contribution in [0.25, 0.3) is 22.3 Å².